The minimum absolute atomic E-state index is 0.199. The second kappa shape index (κ2) is 7.29. The van der Waals surface area contributed by atoms with Crippen molar-refractivity contribution in [1.29, 1.82) is 0 Å². The highest BCUT2D eigenvalue weighted by Gasteiger charge is 2.15. The molecule has 0 aliphatic carbocycles. The lowest BCUT2D eigenvalue weighted by atomic mass is 10.3. The summed E-state index contributed by atoms with van der Waals surface area (Å²) in [5.41, 5.74) is 1.78. The molecule has 7 heteroatoms. The summed E-state index contributed by atoms with van der Waals surface area (Å²) in [5.74, 6) is 0.0945. The SMILES string of the molecule is CCCCn1nc(C(=O)Nc2nc3ccccc3n2CC)ccc1=O. The molecular formula is C18H21N5O2. The second-order valence-corrected chi connectivity index (χ2v) is 5.76. The number of amides is 1. The quantitative estimate of drug-likeness (QED) is 0.748. The summed E-state index contributed by atoms with van der Waals surface area (Å²) in [4.78, 5) is 28.9. The molecule has 3 aromatic rings. The van der Waals surface area contributed by atoms with Crippen LogP contribution < -0.4 is 10.9 Å². The fourth-order valence-electron chi connectivity index (χ4n) is 2.69. The number of hydrogen-bond acceptors (Lipinski definition) is 4. The average molecular weight is 339 g/mol. The first-order chi connectivity index (χ1) is 12.1. The van der Waals surface area contributed by atoms with Gasteiger partial charge >= 0.3 is 0 Å². The van der Waals surface area contributed by atoms with Crippen molar-refractivity contribution in [3.63, 3.8) is 0 Å². The Morgan fingerprint density at radius 2 is 1.96 bits per heavy atom. The molecule has 0 unspecified atom stereocenters. The van der Waals surface area contributed by atoms with Gasteiger partial charge in [-0.2, -0.15) is 5.10 Å². The van der Waals surface area contributed by atoms with Crippen LogP contribution in [-0.2, 0) is 13.1 Å². The predicted molar refractivity (Wildman–Crippen MR) is 96.8 cm³/mol. The van der Waals surface area contributed by atoms with E-state index in [9.17, 15) is 9.59 Å². The number of rotatable bonds is 6. The molecule has 2 aromatic heterocycles. The fraction of sp³-hybridized carbons (Fsp3) is 0.333. The second-order valence-electron chi connectivity index (χ2n) is 5.76. The van der Waals surface area contributed by atoms with Gasteiger partial charge in [-0.25, -0.2) is 9.67 Å². The van der Waals surface area contributed by atoms with Crippen LogP contribution in [0.5, 0.6) is 0 Å². The third-order valence-corrected chi connectivity index (χ3v) is 4.02. The number of unbranched alkanes of at least 4 members (excludes halogenated alkanes) is 1. The third-order valence-electron chi connectivity index (χ3n) is 4.02. The largest absolute Gasteiger partial charge is 0.310 e. The molecule has 0 aliphatic heterocycles. The minimum atomic E-state index is -0.379. The highest BCUT2D eigenvalue weighted by molar-refractivity contribution is 6.02. The van der Waals surface area contributed by atoms with Crippen LogP contribution in [0.2, 0.25) is 0 Å². The molecule has 3 rings (SSSR count). The van der Waals surface area contributed by atoms with Gasteiger partial charge in [-0.15, -0.1) is 0 Å². The van der Waals surface area contributed by atoms with Crippen LogP contribution in [0, 0.1) is 0 Å². The van der Waals surface area contributed by atoms with E-state index in [0.717, 1.165) is 23.9 Å². The number of benzene rings is 1. The van der Waals surface area contributed by atoms with Gasteiger partial charge in [-0.3, -0.25) is 14.9 Å². The Kier molecular flexibility index (Phi) is 4.92. The molecule has 0 bridgehead atoms. The topological polar surface area (TPSA) is 81.8 Å². The van der Waals surface area contributed by atoms with Crippen molar-refractivity contribution >= 4 is 22.9 Å². The first kappa shape index (κ1) is 16.9. The Hall–Kier alpha value is -2.96. The standard InChI is InChI=1S/C18H21N5O2/c1-3-5-12-23-16(24)11-10-14(21-23)17(25)20-18-19-13-8-6-7-9-15(13)22(18)4-2/h6-11H,3-5,12H2,1-2H3,(H,19,20,25). The number of aromatic nitrogens is 4. The number of imidazole rings is 1. The summed E-state index contributed by atoms with van der Waals surface area (Å²) >= 11 is 0. The summed E-state index contributed by atoms with van der Waals surface area (Å²) in [7, 11) is 0. The molecule has 1 amide bonds. The van der Waals surface area contributed by atoms with Gasteiger partial charge in [0.15, 0.2) is 0 Å². The molecule has 0 aliphatic rings. The van der Waals surface area contributed by atoms with E-state index in [1.165, 1.54) is 16.8 Å². The summed E-state index contributed by atoms with van der Waals surface area (Å²) in [6.45, 7) is 5.22. The van der Waals surface area contributed by atoms with E-state index >= 15 is 0 Å². The zero-order valence-corrected chi connectivity index (χ0v) is 14.4. The number of aryl methyl sites for hydroxylation is 2. The van der Waals surface area contributed by atoms with E-state index in [4.69, 9.17) is 0 Å². The Balaban J connectivity index is 1.89. The summed E-state index contributed by atoms with van der Waals surface area (Å²) in [5, 5.41) is 6.98. The van der Waals surface area contributed by atoms with Crippen LogP contribution >= 0.6 is 0 Å². The number of anilines is 1. The molecular weight excluding hydrogens is 318 g/mol. The van der Waals surface area contributed by atoms with Crippen molar-refractivity contribution in [2.24, 2.45) is 0 Å². The van der Waals surface area contributed by atoms with E-state index < -0.39 is 0 Å². The molecule has 25 heavy (non-hydrogen) atoms. The third kappa shape index (κ3) is 3.45. The van der Waals surface area contributed by atoms with E-state index in [1.54, 1.807) is 0 Å². The van der Waals surface area contributed by atoms with Gasteiger partial charge in [0.1, 0.15) is 5.69 Å². The Labute approximate surface area is 145 Å². The van der Waals surface area contributed by atoms with Crippen LogP contribution in [0.4, 0.5) is 5.95 Å². The van der Waals surface area contributed by atoms with Gasteiger partial charge in [-0.1, -0.05) is 25.5 Å². The van der Waals surface area contributed by atoms with Crippen molar-refractivity contribution in [3.8, 4) is 0 Å². The van der Waals surface area contributed by atoms with Crippen LogP contribution in [0.1, 0.15) is 37.2 Å². The lowest BCUT2D eigenvalue weighted by Crippen LogP contribution is -2.26. The fourth-order valence-corrected chi connectivity index (χ4v) is 2.69. The zero-order chi connectivity index (χ0) is 17.8. The summed E-state index contributed by atoms with van der Waals surface area (Å²) in [6, 6.07) is 10.5. The number of para-hydroxylation sites is 2. The number of nitrogens with one attached hydrogen (secondary N) is 1. The Morgan fingerprint density at radius 3 is 2.72 bits per heavy atom. The smallest absolute Gasteiger partial charge is 0.278 e. The lowest BCUT2D eigenvalue weighted by Gasteiger charge is -2.08. The number of carbonyl (C=O) groups is 1. The number of fused-ring (bicyclic) bond motifs is 1. The Morgan fingerprint density at radius 1 is 1.16 bits per heavy atom. The van der Waals surface area contributed by atoms with E-state index in [0.29, 0.717) is 19.0 Å². The molecule has 1 N–H and O–H groups in total. The van der Waals surface area contributed by atoms with Crippen molar-refractivity contribution in [1.82, 2.24) is 19.3 Å². The van der Waals surface area contributed by atoms with Crippen LogP contribution in [0.25, 0.3) is 11.0 Å². The lowest BCUT2D eigenvalue weighted by molar-refractivity contribution is 0.101. The van der Waals surface area contributed by atoms with E-state index in [2.05, 4.69) is 15.4 Å². The number of nitrogens with zero attached hydrogens (tertiary/aromatic N) is 4. The number of hydrogen-bond donors (Lipinski definition) is 1. The maximum absolute atomic E-state index is 12.6. The summed E-state index contributed by atoms with van der Waals surface area (Å²) in [6.07, 6.45) is 1.79. The first-order valence-corrected chi connectivity index (χ1v) is 8.48. The number of carbonyl (C=O) groups excluding carboxylic acids is 1. The first-order valence-electron chi connectivity index (χ1n) is 8.48. The molecule has 0 fully saturated rings. The van der Waals surface area contributed by atoms with Gasteiger partial charge in [0.05, 0.1) is 11.0 Å². The maximum atomic E-state index is 12.6. The highest BCUT2D eigenvalue weighted by Crippen LogP contribution is 2.19. The molecule has 2 heterocycles. The molecule has 0 spiro atoms. The average Bonchev–Trinajstić information content (AvgIpc) is 2.97. The van der Waals surface area contributed by atoms with Crippen molar-refractivity contribution in [2.75, 3.05) is 5.32 Å². The monoisotopic (exact) mass is 339 g/mol. The van der Waals surface area contributed by atoms with Crippen molar-refractivity contribution in [2.45, 2.75) is 39.8 Å². The zero-order valence-electron chi connectivity index (χ0n) is 14.4. The predicted octanol–water partition coefficient (Wildman–Crippen LogP) is 2.67. The van der Waals surface area contributed by atoms with Crippen molar-refractivity contribution in [3.05, 3.63) is 52.4 Å². The van der Waals surface area contributed by atoms with E-state index in [1.807, 2.05) is 42.7 Å². The Bertz CT molecular complexity index is 957. The molecule has 0 saturated carbocycles. The van der Waals surface area contributed by atoms with Crippen molar-refractivity contribution < 1.29 is 4.79 Å². The molecule has 0 saturated heterocycles. The van der Waals surface area contributed by atoms with Gasteiger partial charge in [0.25, 0.3) is 11.5 Å². The van der Waals surface area contributed by atoms with Crippen LogP contribution in [0.3, 0.4) is 0 Å². The summed E-state index contributed by atoms with van der Waals surface area (Å²) < 4.78 is 3.27. The molecule has 0 radical (unpaired) electrons. The highest BCUT2D eigenvalue weighted by atomic mass is 16.2. The van der Waals surface area contributed by atoms with Gasteiger partial charge in [0, 0.05) is 19.2 Å². The van der Waals surface area contributed by atoms with Crippen LogP contribution in [-0.4, -0.2) is 25.2 Å². The maximum Gasteiger partial charge on any atom is 0.278 e. The normalized spacial score (nSPS) is 11.0. The van der Waals surface area contributed by atoms with Gasteiger partial charge < -0.3 is 4.57 Å². The van der Waals surface area contributed by atoms with Gasteiger partial charge in [0.2, 0.25) is 5.95 Å². The van der Waals surface area contributed by atoms with Crippen LogP contribution in [0.15, 0.2) is 41.2 Å². The molecule has 130 valence electrons. The molecule has 1 aromatic carbocycles. The van der Waals surface area contributed by atoms with E-state index in [-0.39, 0.29) is 17.2 Å². The minimum Gasteiger partial charge on any atom is -0.310 e. The molecule has 7 nitrogen and oxygen atoms in total. The van der Waals surface area contributed by atoms with Gasteiger partial charge in [-0.05, 0) is 31.5 Å². The molecule has 0 atom stereocenters.